The summed E-state index contributed by atoms with van der Waals surface area (Å²) >= 11 is 0. The lowest BCUT2D eigenvalue weighted by Crippen LogP contribution is -2.42. The number of fused-ring (bicyclic) bond motifs is 1. The Bertz CT molecular complexity index is 918. The monoisotopic (exact) mass is 472 g/mol. The molecule has 1 aromatic carbocycles. The van der Waals surface area contributed by atoms with Crippen LogP contribution in [0.1, 0.15) is 81.4 Å². The molecule has 2 aliphatic rings. The molecular weight excluding hydrogens is 431 g/mol. The third-order valence-corrected chi connectivity index (χ3v) is 8.46. The summed E-state index contributed by atoms with van der Waals surface area (Å²) in [7, 11) is 1.59. The molecule has 2 heterocycles. The Morgan fingerprint density at radius 2 is 1.97 bits per heavy atom. The van der Waals surface area contributed by atoms with Crippen LogP contribution < -0.4 is 4.74 Å². The Morgan fingerprint density at radius 3 is 2.65 bits per heavy atom. The van der Waals surface area contributed by atoms with E-state index in [1.807, 2.05) is 18.2 Å². The van der Waals surface area contributed by atoms with Crippen LogP contribution in [0.15, 0.2) is 24.4 Å². The minimum absolute atomic E-state index is 0.136. The van der Waals surface area contributed by atoms with E-state index in [0.717, 1.165) is 49.2 Å². The van der Waals surface area contributed by atoms with Crippen molar-refractivity contribution < 1.29 is 19.3 Å². The van der Waals surface area contributed by atoms with Crippen LogP contribution in [0.4, 0.5) is 4.39 Å². The fraction of sp³-hybridized carbons (Fsp3) is 0.679. The number of aromatic nitrogens is 1. The second-order valence-corrected chi connectivity index (χ2v) is 10.6. The van der Waals surface area contributed by atoms with Crippen molar-refractivity contribution in [2.24, 2.45) is 11.3 Å². The van der Waals surface area contributed by atoms with Gasteiger partial charge in [-0.05, 0) is 86.8 Å². The number of piperidine rings is 1. The Morgan fingerprint density at radius 1 is 1.21 bits per heavy atom. The number of halogens is 1. The summed E-state index contributed by atoms with van der Waals surface area (Å²) in [5.74, 6) is 1.55. The molecule has 2 fully saturated rings. The van der Waals surface area contributed by atoms with Crippen molar-refractivity contribution in [2.75, 3.05) is 33.4 Å². The van der Waals surface area contributed by atoms with Gasteiger partial charge in [0.05, 0.1) is 18.7 Å². The number of nitrogens with zero attached hydrogens (tertiary/aromatic N) is 2. The van der Waals surface area contributed by atoms with E-state index >= 15 is 0 Å². The lowest BCUT2D eigenvalue weighted by molar-refractivity contribution is 0.0217. The summed E-state index contributed by atoms with van der Waals surface area (Å²) in [5, 5.41) is 22.2. The van der Waals surface area contributed by atoms with E-state index in [4.69, 9.17) is 4.74 Å². The molecule has 2 N–H and O–H groups in total. The zero-order valence-corrected chi connectivity index (χ0v) is 20.6. The zero-order chi connectivity index (χ0) is 24.0. The molecule has 0 unspecified atom stereocenters. The van der Waals surface area contributed by atoms with Crippen molar-refractivity contribution in [3.63, 3.8) is 0 Å². The number of benzene rings is 1. The van der Waals surface area contributed by atoms with Gasteiger partial charge in [-0.25, -0.2) is 4.39 Å². The second-order valence-electron chi connectivity index (χ2n) is 10.6. The highest BCUT2D eigenvalue weighted by atomic mass is 19.1. The van der Waals surface area contributed by atoms with Crippen LogP contribution in [-0.2, 0) is 6.67 Å². The van der Waals surface area contributed by atoms with Gasteiger partial charge in [0, 0.05) is 23.8 Å². The molecule has 1 atom stereocenters. The van der Waals surface area contributed by atoms with Crippen LogP contribution in [0.2, 0.25) is 0 Å². The van der Waals surface area contributed by atoms with Crippen molar-refractivity contribution in [1.29, 1.82) is 0 Å². The SMILES string of the molecule is COc1ccc2ncc(CF)c([C@H](O)CCC3(CO)CCN(CCC4CCCCC4)CC3)c2c1. The summed E-state index contributed by atoms with van der Waals surface area (Å²) in [6, 6.07) is 5.49. The van der Waals surface area contributed by atoms with Gasteiger partial charge in [-0.15, -0.1) is 0 Å². The number of aliphatic hydroxyl groups excluding tert-OH is 2. The van der Waals surface area contributed by atoms with Gasteiger partial charge in [0.2, 0.25) is 0 Å². The van der Waals surface area contributed by atoms with Gasteiger partial charge in [-0.2, -0.15) is 0 Å². The number of alkyl halides is 1. The molecule has 1 aliphatic heterocycles. The number of aliphatic hydroxyl groups is 2. The van der Waals surface area contributed by atoms with Crippen LogP contribution in [0.3, 0.4) is 0 Å². The average Bonchev–Trinajstić information content (AvgIpc) is 2.90. The van der Waals surface area contributed by atoms with Gasteiger partial charge in [0.25, 0.3) is 0 Å². The molecule has 0 amide bonds. The lowest BCUT2D eigenvalue weighted by Gasteiger charge is -2.41. The molecule has 1 saturated heterocycles. The van der Waals surface area contributed by atoms with Gasteiger partial charge >= 0.3 is 0 Å². The number of hydrogen-bond donors (Lipinski definition) is 2. The summed E-state index contributed by atoms with van der Waals surface area (Å²) < 4.78 is 19.2. The van der Waals surface area contributed by atoms with Crippen LogP contribution >= 0.6 is 0 Å². The molecule has 0 spiro atoms. The summed E-state index contributed by atoms with van der Waals surface area (Å²) in [6.07, 6.45) is 12.1. The van der Waals surface area contributed by atoms with E-state index in [1.54, 1.807) is 7.11 Å². The van der Waals surface area contributed by atoms with Gasteiger partial charge in [0.15, 0.2) is 0 Å². The lowest BCUT2D eigenvalue weighted by atomic mass is 9.74. The Kier molecular flexibility index (Phi) is 8.78. The van der Waals surface area contributed by atoms with E-state index in [-0.39, 0.29) is 12.0 Å². The normalized spacial score (nSPS) is 20.5. The standard InChI is InChI=1S/C28H41FN2O3/c1-34-23-7-8-25-24(17-23)27(22(18-29)19-30-25)26(33)9-11-28(20-32)12-15-31(16-13-28)14-10-21-5-3-2-4-6-21/h7-8,17,19,21,26,32-33H,2-6,9-16,18,20H2,1H3/t26-/m1/s1. The van der Waals surface area contributed by atoms with Gasteiger partial charge in [-0.3, -0.25) is 4.98 Å². The largest absolute Gasteiger partial charge is 0.497 e. The molecule has 5 nitrogen and oxygen atoms in total. The highest BCUT2D eigenvalue weighted by Gasteiger charge is 2.35. The van der Waals surface area contributed by atoms with Crippen LogP contribution in [0.25, 0.3) is 10.9 Å². The first-order valence-corrected chi connectivity index (χ1v) is 13.1. The number of pyridine rings is 1. The molecule has 4 rings (SSSR count). The maximum atomic E-state index is 13.8. The third-order valence-electron chi connectivity index (χ3n) is 8.46. The Labute approximate surface area is 203 Å². The molecule has 1 aliphatic carbocycles. The molecule has 1 aromatic heterocycles. The second kappa shape index (κ2) is 11.8. The first kappa shape index (κ1) is 25.3. The van der Waals surface area contributed by atoms with Crippen molar-refractivity contribution in [3.05, 3.63) is 35.5 Å². The number of methoxy groups -OCH3 is 1. The molecule has 34 heavy (non-hydrogen) atoms. The summed E-state index contributed by atoms with van der Waals surface area (Å²) in [6.45, 7) is 2.65. The Hall–Kier alpha value is -1.76. The first-order valence-electron chi connectivity index (χ1n) is 13.1. The third kappa shape index (κ3) is 5.89. The molecule has 6 heteroatoms. The van der Waals surface area contributed by atoms with Gasteiger partial charge in [-0.1, -0.05) is 32.1 Å². The fourth-order valence-electron chi connectivity index (χ4n) is 6.03. The van der Waals surface area contributed by atoms with Crippen molar-refractivity contribution in [3.8, 4) is 5.75 Å². The van der Waals surface area contributed by atoms with E-state index in [9.17, 15) is 14.6 Å². The van der Waals surface area contributed by atoms with E-state index < -0.39 is 12.8 Å². The van der Waals surface area contributed by atoms with Crippen LogP contribution in [0.5, 0.6) is 5.75 Å². The molecule has 0 radical (unpaired) electrons. The van der Waals surface area contributed by atoms with E-state index in [0.29, 0.717) is 23.3 Å². The highest BCUT2D eigenvalue weighted by molar-refractivity contribution is 5.85. The fourth-order valence-corrected chi connectivity index (χ4v) is 6.03. The topological polar surface area (TPSA) is 65.8 Å². The number of ether oxygens (including phenoxy) is 1. The van der Waals surface area contributed by atoms with E-state index in [1.165, 1.54) is 51.3 Å². The van der Waals surface area contributed by atoms with Gasteiger partial charge in [0.1, 0.15) is 12.4 Å². The van der Waals surface area contributed by atoms with Gasteiger partial charge < -0.3 is 19.8 Å². The molecule has 2 aromatic rings. The molecule has 0 bridgehead atoms. The number of hydrogen-bond acceptors (Lipinski definition) is 5. The minimum Gasteiger partial charge on any atom is -0.497 e. The minimum atomic E-state index is -0.809. The van der Waals surface area contributed by atoms with Crippen LogP contribution in [0, 0.1) is 11.3 Å². The molecular formula is C28H41FN2O3. The smallest absolute Gasteiger partial charge is 0.119 e. The number of rotatable bonds is 10. The molecule has 188 valence electrons. The Balaban J connectivity index is 1.38. The highest BCUT2D eigenvalue weighted by Crippen LogP contribution is 2.40. The predicted octanol–water partition coefficient (Wildman–Crippen LogP) is 5.57. The maximum Gasteiger partial charge on any atom is 0.119 e. The number of likely N-dealkylation sites (tertiary alicyclic amines) is 1. The van der Waals surface area contributed by atoms with Crippen molar-refractivity contribution in [1.82, 2.24) is 9.88 Å². The first-order chi connectivity index (χ1) is 16.6. The quantitative estimate of drug-likeness (QED) is 0.473. The maximum absolute atomic E-state index is 13.8. The van der Waals surface area contributed by atoms with Crippen molar-refractivity contribution in [2.45, 2.75) is 77.0 Å². The van der Waals surface area contributed by atoms with Crippen LogP contribution in [-0.4, -0.2) is 53.4 Å². The predicted molar refractivity (Wildman–Crippen MR) is 134 cm³/mol. The average molecular weight is 473 g/mol. The molecule has 1 saturated carbocycles. The van der Waals surface area contributed by atoms with Crippen molar-refractivity contribution >= 4 is 10.9 Å². The summed E-state index contributed by atoms with van der Waals surface area (Å²) in [4.78, 5) is 6.92. The van der Waals surface area contributed by atoms with E-state index in [2.05, 4.69) is 9.88 Å². The summed E-state index contributed by atoms with van der Waals surface area (Å²) in [5.41, 5.74) is 1.57. The zero-order valence-electron chi connectivity index (χ0n) is 20.6.